The minimum atomic E-state index is 0.375. The molecule has 0 aliphatic carbocycles. The Kier molecular flexibility index (Phi) is 5.49. The van der Waals surface area contributed by atoms with Crippen molar-refractivity contribution in [1.82, 2.24) is 0 Å². The van der Waals surface area contributed by atoms with Crippen molar-refractivity contribution in [3.8, 4) is 23.3 Å². The van der Waals surface area contributed by atoms with Gasteiger partial charge in [-0.05, 0) is 62.1 Å². The van der Waals surface area contributed by atoms with Crippen LogP contribution in [0.3, 0.4) is 0 Å². The largest absolute Gasteiger partial charge is 0.481 e. The van der Waals surface area contributed by atoms with E-state index in [-0.39, 0.29) is 0 Å². The average molecular weight is 294 g/mol. The lowest BCUT2D eigenvalue weighted by Crippen LogP contribution is -1.99. The molecular formula is C20H22O2. The third-order valence-electron chi connectivity index (χ3n) is 3.41. The van der Waals surface area contributed by atoms with Crippen LogP contribution in [0.25, 0.3) is 0 Å². The molecule has 0 heterocycles. The highest BCUT2D eigenvalue weighted by Crippen LogP contribution is 2.19. The van der Waals surface area contributed by atoms with E-state index in [1.54, 1.807) is 0 Å². The van der Waals surface area contributed by atoms with Gasteiger partial charge in [0, 0.05) is 0 Å². The van der Waals surface area contributed by atoms with E-state index in [1.807, 2.05) is 26.0 Å². The summed E-state index contributed by atoms with van der Waals surface area (Å²) in [6, 6.07) is 12.3. The summed E-state index contributed by atoms with van der Waals surface area (Å²) in [6.45, 7) is 8.92. The Bertz CT molecular complexity index is 646. The van der Waals surface area contributed by atoms with Crippen LogP contribution in [-0.2, 0) is 0 Å². The minimum Gasteiger partial charge on any atom is -0.481 e. The van der Waals surface area contributed by atoms with Crippen molar-refractivity contribution in [2.24, 2.45) is 0 Å². The molecular weight excluding hydrogens is 272 g/mol. The second-order valence-electron chi connectivity index (χ2n) is 5.47. The monoisotopic (exact) mass is 294 g/mol. The Morgan fingerprint density at radius 2 is 1.09 bits per heavy atom. The molecule has 0 aliphatic rings. The summed E-state index contributed by atoms with van der Waals surface area (Å²) in [7, 11) is 0. The van der Waals surface area contributed by atoms with E-state index in [0.29, 0.717) is 13.2 Å². The molecule has 0 aliphatic heterocycles. The third kappa shape index (κ3) is 4.56. The number of ether oxygens (including phenoxy) is 2. The average Bonchev–Trinajstić information content (AvgIpc) is 2.49. The zero-order chi connectivity index (χ0) is 15.9. The molecule has 0 N–H and O–H groups in total. The lowest BCUT2D eigenvalue weighted by molar-refractivity contribution is 0.359. The van der Waals surface area contributed by atoms with E-state index in [2.05, 4.69) is 50.0 Å². The Hall–Kier alpha value is -2.40. The highest BCUT2D eigenvalue weighted by atomic mass is 16.5. The van der Waals surface area contributed by atoms with Crippen molar-refractivity contribution in [3.63, 3.8) is 0 Å². The third-order valence-corrected chi connectivity index (χ3v) is 3.41. The van der Waals surface area contributed by atoms with Crippen LogP contribution < -0.4 is 9.47 Å². The fraction of sp³-hybridized carbons (Fsp3) is 0.300. The maximum atomic E-state index is 5.68. The lowest BCUT2D eigenvalue weighted by Gasteiger charge is -2.07. The van der Waals surface area contributed by atoms with Crippen molar-refractivity contribution in [1.29, 1.82) is 0 Å². The van der Waals surface area contributed by atoms with Crippen molar-refractivity contribution in [3.05, 3.63) is 58.7 Å². The van der Waals surface area contributed by atoms with Crippen molar-refractivity contribution < 1.29 is 9.47 Å². The van der Waals surface area contributed by atoms with Gasteiger partial charge in [-0.15, -0.1) is 0 Å². The van der Waals surface area contributed by atoms with Crippen LogP contribution in [0.4, 0.5) is 0 Å². The molecule has 0 saturated carbocycles. The van der Waals surface area contributed by atoms with Crippen molar-refractivity contribution in [2.45, 2.75) is 27.7 Å². The van der Waals surface area contributed by atoms with Gasteiger partial charge in [-0.25, -0.2) is 0 Å². The lowest BCUT2D eigenvalue weighted by atomic mass is 10.1. The zero-order valence-corrected chi connectivity index (χ0v) is 13.7. The molecule has 0 radical (unpaired) electrons. The number of hydrogen-bond donors (Lipinski definition) is 0. The molecule has 22 heavy (non-hydrogen) atoms. The van der Waals surface area contributed by atoms with Gasteiger partial charge in [-0.1, -0.05) is 36.1 Å². The van der Waals surface area contributed by atoms with E-state index in [1.165, 1.54) is 11.1 Å². The van der Waals surface area contributed by atoms with E-state index >= 15 is 0 Å². The second-order valence-corrected chi connectivity index (χ2v) is 5.47. The smallest absolute Gasteiger partial charge is 0.149 e. The molecule has 0 fully saturated rings. The fourth-order valence-corrected chi connectivity index (χ4v) is 2.06. The highest BCUT2D eigenvalue weighted by molar-refractivity contribution is 5.37. The van der Waals surface area contributed by atoms with E-state index in [4.69, 9.17) is 9.47 Å². The molecule has 0 saturated heterocycles. The predicted molar refractivity (Wildman–Crippen MR) is 90.6 cm³/mol. The Morgan fingerprint density at radius 1 is 0.682 bits per heavy atom. The van der Waals surface area contributed by atoms with Gasteiger partial charge in [0.25, 0.3) is 0 Å². The summed E-state index contributed by atoms with van der Waals surface area (Å²) in [5.74, 6) is 7.76. The van der Waals surface area contributed by atoms with Gasteiger partial charge >= 0.3 is 0 Å². The number of rotatable bonds is 4. The van der Waals surface area contributed by atoms with Gasteiger partial charge in [-0.3, -0.25) is 0 Å². The molecule has 0 amide bonds. The van der Waals surface area contributed by atoms with Crippen LogP contribution in [0, 0.1) is 39.5 Å². The summed E-state index contributed by atoms with van der Waals surface area (Å²) >= 11 is 0. The van der Waals surface area contributed by atoms with Crippen molar-refractivity contribution >= 4 is 0 Å². The Labute approximate surface area is 133 Å². The molecule has 2 aromatic rings. The van der Waals surface area contributed by atoms with E-state index in [9.17, 15) is 0 Å². The number of benzene rings is 2. The highest BCUT2D eigenvalue weighted by Gasteiger charge is 1.99. The quantitative estimate of drug-likeness (QED) is 0.779. The molecule has 2 aromatic carbocycles. The maximum absolute atomic E-state index is 5.68. The Morgan fingerprint density at radius 3 is 1.50 bits per heavy atom. The van der Waals surface area contributed by atoms with Gasteiger partial charge < -0.3 is 9.47 Å². The van der Waals surface area contributed by atoms with Crippen LogP contribution in [0.15, 0.2) is 36.4 Å². The number of hydrogen-bond acceptors (Lipinski definition) is 2. The molecule has 0 aromatic heterocycles. The van der Waals surface area contributed by atoms with Gasteiger partial charge in [0.05, 0.1) is 0 Å². The molecule has 0 atom stereocenters. The first kappa shape index (κ1) is 16.0. The summed E-state index contributed by atoms with van der Waals surface area (Å²) in [6.07, 6.45) is 0. The first-order valence-corrected chi connectivity index (χ1v) is 7.42. The van der Waals surface area contributed by atoms with Gasteiger partial charge in [0.2, 0.25) is 0 Å². The van der Waals surface area contributed by atoms with Crippen molar-refractivity contribution in [2.75, 3.05) is 13.2 Å². The standard InChI is InChI=1S/C20H22O2/c1-15-7-9-17(3)19(13-15)21-11-5-6-12-22-20-14-16(2)8-10-18(20)4/h7-10,13-14H,11-12H2,1-4H3. The minimum absolute atomic E-state index is 0.375. The van der Waals surface area contributed by atoms with Crippen LogP contribution in [0.1, 0.15) is 22.3 Å². The zero-order valence-electron chi connectivity index (χ0n) is 13.7. The second kappa shape index (κ2) is 7.56. The normalized spacial score (nSPS) is 9.82. The van der Waals surface area contributed by atoms with Crippen LogP contribution in [-0.4, -0.2) is 13.2 Å². The summed E-state index contributed by atoms with van der Waals surface area (Å²) in [5, 5.41) is 0. The molecule has 0 unspecified atom stereocenters. The van der Waals surface area contributed by atoms with E-state index in [0.717, 1.165) is 22.6 Å². The van der Waals surface area contributed by atoms with Crippen LogP contribution in [0.5, 0.6) is 11.5 Å². The predicted octanol–water partition coefficient (Wildman–Crippen LogP) is 4.38. The van der Waals surface area contributed by atoms with E-state index < -0.39 is 0 Å². The molecule has 0 spiro atoms. The maximum Gasteiger partial charge on any atom is 0.149 e. The Balaban J connectivity index is 1.82. The SMILES string of the molecule is Cc1ccc(C)c(OCC#CCOc2cc(C)ccc2C)c1. The molecule has 0 bridgehead atoms. The first-order valence-electron chi connectivity index (χ1n) is 7.42. The summed E-state index contributed by atoms with van der Waals surface area (Å²) < 4.78 is 11.4. The molecule has 2 nitrogen and oxygen atoms in total. The molecule has 2 heteroatoms. The van der Waals surface area contributed by atoms with Gasteiger partial charge in [0.1, 0.15) is 24.7 Å². The topological polar surface area (TPSA) is 18.5 Å². The van der Waals surface area contributed by atoms with Gasteiger partial charge in [0.15, 0.2) is 0 Å². The summed E-state index contributed by atoms with van der Waals surface area (Å²) in [4.78, 5) is 0. The van der Waals surface area contributed by atoms with Crippen LogP contribution >= 0.6 is 0 Å². The fourth-order valence-electron chi connectivity index (χ4n) is 2.06. The molecule has 114 valence electrons. The van der Waals surface area contributed by atoms with Gasteiger partial charge in [-0.2, -0.15) is 0 Å². The molecule has 2 rings (SSSR count). The van der Waals surface area contributed by atoms with Crippen LogP contribution in [0.2, 0.25) is 0 Å². The number of aryl methyl sites for hydroxylation is 4. The first-order chi connectivity index (χ1) is 10.6. The summed E-state index contributed by atoms with van der Waals surface area (Å²) in [5.41, 5.74) is 4.62.